The van der Waals surface area contributed by atoms with E-state index in [1.807, 2.05) is 18.4 Å². The quantitative estimate of drug-likeness (QED) is 0.714. The van der Waals surface area contributed by atoms with E-state index in [4.69, 9.17) is 4.52 Å². The maximum atomic E-state index is 12.1. The summed E-state index contributed by atoms with van der Waals surface area (Å²) in [5.74, 6) is 1.06. The average Bonchev–Trinajstić information content (AvgIpc) is 3.01. The van der Waals surface area contributed by atoms with Gasteiger partial charge in [-0.3, -0.25) is 9.36 Å². The molecule has 7 heteroatoms. The summed E-state index contributed by atoms with van der Waals surface area (Å²) in [4.78, 5) is 20.5. The Labute approximate surface area is 106 Å². The Bertz CT molecular complexity index is 743. The highest BCUT2D eigenvalue weighted by molar-refractivity contribution is 7.17. The van der Waals surface area contributed by atoms with E-state index < -0.39 is 0 Å². The predicted molar refractivity (Wildman–Crippen MR) is 66.7 cm³/mol. The lowest BCUT2D eigenvalue weighted by atomic mass is 10.4. The third-order valence-electron chi connectivity index (χ3n) is 2.56. The van der Waals surface area contributed by atoms with Crippen LogP contribution in [0.5, 0.6) is 0 Å². The van der Waals surface area contributed by atoms with Gasteiger partial charge in [-0.05, 0) is 11.4 Å². The van der Waals surface area contributed by atoms with Gasteiger partial charge in [-0.15, -0.1) is 11.3 Å². The predicted octanol–water partition coefficient (Wildman–Crippen LogP) is 1.45. The van der Waals surface area contributed by atoms with Crippen LogP contribution in [0.15, 0.2) is 27.1 Å². The largest absolute Gasteiger partial charge is 0.339 e. The third-order valence-corrected chi connectivity index (χ3v) is 3.45. The fraction of sp³-hybridized carbons (Fsp3) is 0.273. The van der Waals surface area contributed by atoms with E-state index in [1.165, 1.54) is 22.2 Å². The molecule has 0 aliphatic heterocycles. The van der Waals surface area contributed by atoms with E-state index in [2.05, 4.69) is 15.1 Å². The van der Waals surface area contributed by atoms with Gasteiger partial charge in [0.1, 0.15) is 4.70 Å². The average molecular weight is 262 g/mol. The molecule has 3 heterocycles. The van der Waals surface area contributed by atoms with E-state index in [-0.39, 0.29) is 12.1 Å². The van der Waals surface area contributed by atoms with Gasteiger partial charge in [0, 0.05) is 6.42 Å². The number of aryl methyl sites for hydroxylation is 1. The summed E-state index contributed by atoms with van der Waals surface area (Å²) in [5.41, 5.74) is 0.654. The minimum absolute atomic E-state index is 0.0714. The first-order valence-corrected chi connectivity index (χ1v) is 6.40. The van der Waals surface area contributed by atoms with Gasteiger partial charge < -0.3 is 4.52 Å². The number of hydrogen-bond acceptors (Lipinski definition) is 6. The lowest BCUT2D eigenvalue weighted by Crippen LogP contribution is -2.20. The second kappa shape index (κ2) is 4.34. The molecule has 92 valence electrons. The molecular weight excluding hydrogens is 252 g/mol. The Morgan fingerprint density at radius 1 is 1.50 bits per heavy atom. The molecule has 0 aliphatic rings. The van der Waals surface area contributed by atoms with Crippen molar-refractivity contribution in [3.63, 3.8) is 0 Å². The summed E-state index contributed by atoms with van der Waals surface area (Å²) in [5, 5.41) is 5.68. The summed E-state index contributed by atoms with van der Waals surface area (Å²) in [6.45, 7) is 2.21. The van der Waals surface area contributed by atoms with Crippen molar-refractivity contribution in [1.29, 1.82) is 0 Å². The van der Waals surface area contributed by atoms with Crippen molar-refractivity contribution in [2.45, 2.75) is 19.9 Å². The molecular formula is C11H10N4O2S. The van der Waals surface area contributed by atoms with Gasteiger partial charge in [0.25, 0.3) is 5.56 Å². The van der Waals surface area contributed by atoms with Crippen molar-refractivity contribution in [3.8, 4) is 0 Å². The van der Waals surface area contributed by atoms with Crippen molar-refractivity contribution in [2.24, 2.45) is 0 Å². The zero-order chi connectivity index (χ0) is 12.5. The Kier molecular flexibility index (Phi) is 2.67. The summed E-state index contributed by atoms with van der Waals surface area (Å²) in [7, 11) is 0. The van der Waals surface area contributed by atoms with Crippen LogP contribution >= 0.6 is 11.3 Å². The first kappa shape index (κ1) is 11.1. The molecule has 3 aromatic rings. The lowest BCUT2D eigenvalue weighted by Gasteiger charge is -2.00. The molecule has 3 aromatic heterocycles. The lowest BCUT2D eigenvalue weighted by molar-refractivity contribution is 0.375. The molecule has 0 unspecified atom stereocenters. The van der Waals surface area contributed by atoms with Gasteiger partial charge in [0.2, 0.25) is 5.89 Å². The van der Waals surface area contributed by atoms with Crippen LogP contribution in [-0.4, -0.2) is 19.7 Å². The zero-order valence-corrected chi connectivity index (χ0v) is 10.5. The number of hydrogen-bond donors (Lipinski definition) is 0. The van der Waals surface area contributed by atoms with Gasteiger partial charge in [0.05, 0.1) is 18.4 Å². The zero-order valence-electron chi connectivity index (χ0n) is 9.66. The van der Waals surface area contributed by atoms with Crippen molar-refractivity contribution < 1.29 is 4.52 Å². The number of nitrogens with zero attached hydrogens (tertiary/aromatic N) is 4. The molecule has 0 aromatic carbocycles. The van der Waals surface area contributed by atoms with Crippen LogP contribution in [0, 0.1) is 0 Å². The van der Waals surface area contributed by atoms with Crippen LogP contribution in [0.3, 0.4) is 0 Å². The molecule has 18 heavy (non-hydrogen) atoms. The second-order valence-corrected chi connectivity index (χ2v) is 4.69. The van der Waals surface area contributed by atoms with Gasteiger partial charge in [-0.1, -0.05) is 12.1 Å². The van der Waals surface area contributed by atoms with Gasteiger partial charge in [0.15, 0.2) is 5.82 Å². The molecule has 0 saturated heterocycles. The smallest absolute Gasteiger partial charge is 0.271 e. The second-order valence-electron chi connectivity index (χ2n) is 3.77. The number of fused-ring (bicyclic) bond motifs is 1. The minimum Gasteiger partial charge on any atom is -0.339 e. The summed E-state index contributed by atoms with van der Waals surface area (Å²) in [6.07, 6.45) is 2.20. The SMILES string of the molecule is CCc1nc(Cn2cnc3ccsc3c2=O)no1. The van der Waals surface area contributed by atoms with E-state index in [0.717, 1.165) is 5.52 Å². The molecule has 6 nitrogen and oxygen atoms in total. The molecule has 0 fully saturated rings. The molecule has 0 spiro atoms. The van der Waals surface area contributed by atoms with Crippen LogP contribution in [0.2, 0.25) is 0 Å². The van der Waals surface area contributed by atoms with Crippen molar-refractivity contribution in [2.75, 3.05) is 0 Å². The highest BCUT2D eigenvalue weighted by Crippen LogP contribution is 2.13. The Morgan fingerprint density at radius 2 is 2.39 bits per heavy atom. The topological polar surface area (TPSA) is 73.8 Å². The van der Waals surface area contributed by atoms with E-state index in [1.54, 1.807) is 0 Å². The maximum absolute atomic E-state index is 12.1. The molecule has 0 aliphatic carbocycles. The molecule has 0 saturated carbocycles. The Balaban J connectivity index is 1.99. The molecule has 0 atom stereocenters. The standard InChI is InChI=1S/C11H10N4O2S/c1-2-9-13-8(14-17-9)5-15-6-12-7-3-4-18-10(7)11(15)16/h3-4,6H,2,5H2,1H3. The fourth-order valence-electron chi connectivity index (χ4n) is 1.64. The third kappa shape index (κ3) is 1.82. The highest BCUT2D eigenvalue weighted by atomic mass is 32.1. The fourth-order valence-corrected chi connectivity index (χ4v) is 2.43. The first-order chi connectivity index (χ1) is 8.78. The van der Waals surface area contributed by atoms with Crippen LogP contribution in [0.1, 0.15) is 18.6 Å². The van der Waals surface area contributed by atoms with Gasteiger partial charge in [-0.2, -0.15) is 4.98 Å². The van der Waals surface area contributed by atoms with E-state index >= 15 is 0 Å². The van der Waals surface area contributed by atoms with Crippen molar-refractivity contribution in [3.05, 3.63) is 39.8 Å². The first-order valence-electron chi connectivity index (χ1n) is 5.52. The minimum atomic E-state index is -0.0714. The van der Waals surface area contributed by atoms with Gasteiger partial charge >= 0.3 is 0 Å². The monoisotopic (exact) mass is 262 g/mol. The molecule has 0 bridgehead atoms. The van der Waals surface area contributed by atoms with Crippen LogP contribution in [0.25, 0.3) is 10.2 Å². The normalized spacial score (nSPS) is 11.2. The van der Waals surface area contributed by atoms with E-state index in [0.29, 0.717) is 22.8 Å². The van der Waals surface area contributed by atoms with Crippen LogP contribution in [0.4, 0.5) is 0 Å². The number of rotatable bonds is 3. The molecule has 3 rings (SSSR count). The number of thiophene rings is 1. The number of aromatic nitrogens is 4. The van der Waals surface area contributed by atoms with Crippen LogP contribution < -0.4 is 5.56 Å². The van der Waals surface area contributed by atoms with Crippen LogP contribution in [-0.2, 0) is 13.0 Å². The molecule has 0 radical (unpaired) electrons. The summed E-state index contributed by atoms with van der Waals surface area (Å²) >= 11 is 1.39. The molecule has 0 amide bonds. The van der Waals surface area contributed by atoms with Gasteiger partial charge in [-0.25, -0.2) is 4.98 Å². The van der Waals surface area contributed by atoms with E-state index in [9.17, 15) is 4.79 Å². The van der Waals surface area contributed by atoms with Crippen molar-refractivity contribution >= 4 is 21.6 Å². The van der Waals surface area contributed by atoms with Crippen molar-refractivity contribution in [1.82, 2.24) is 19.7 Å². The molecule has 0 N–H and O–H groups in total. The Morgan fingerprint density at radius 3 is 3.17 bits per heavy atom. The Hall–Kier alpha value is -2.02. The highest BCUT2D eigenvalue weighted by Gasteiger charge is 2.09. The summed E-state index contributed by atoms with van der Waals surface area (Å²) in [6, 6.07) is 1.83. The summed E-state index contributed by atoms with van der Waals surface area (Å²) < 4.78 is 7.14. The maximum Gasteiger partial charge on any atom is 0.271 e.